The molecule has 2 aromatic heterocycles. The normalized spacial score (nSPS) is 10.5. The first-order valence-corrected chi connectivity index (χ1v) is 10.1. The highest BCUT2D eigenvalue weighted by Gasteiger charge is 2.12. The summed E-state index contributed by atoms with van der Waals surface area (Å²) in [5.74, 6) is -0.139. The van der Waals surface area contributed by atoms with Gasteiger partial charge in [0.1, 0.15) is 0 Å². The molecule has 0 saturated heterocycles. The zero-order valence-electron chi connectivity index (χ0n) is 15.8. The molecule has 1 amide bonds. The van der Waals surface area contributed by atoms with Gasteiger partial charge in [-0.15, -0.1) is 10.2 Å². The highest BCUT2D eigenvalue weighted by Crippen LogP contribution is 2.22. The zero-order chi connectivity index (χ0) is 20.5. The molecule has 0 bridgehead atoms. The fourth-order valence-corrected chi connectivity index (χ4v) is 2.84. The predicted molar refractivity (Wildman–Crippen MR) is 109 cm³/mol. The van der Waals surface area contributed by atoms with Crippen molar-refractivity contribution >= 4 is 29.3 Å². The third-order valence-corrected chi connectivity index (χ3v) is 4.60. The Hall–Kier alpha value is -3.20. The number of unbranched alkanes of at least 4 members (excludes halogenated alkanes) is 1. The monoisotopic (exact) mass is 412 g/mol. The van der Waals surface area contributed by atoms with Gasteiger partial charge in [0.2, 0.25) is 11.8 Å². The molecule has 9 heteroatoms. The van der Waals surface area contributed by atoms with Gasteiger partial charge in [0.15, 0.2) is 0 Å². The number of nitrogens with one attached hydrogen (secondary N) is 1. The smallest absolute Gasteiger partial charge is 0.338 e. The van der Waals surface area contributed by atoms with Crippen molar-refractivity contribution in [3.8, 4) is 11.5 Å². The number of ether oxygens (including phenoxy) is 1. The SMILES string of the molecule is CCCCOC(=O)c1ccc(NC(=O)CSc2nnc(-c3cccnc3)o2)cc1. The lowest BCUT2D eigenvalue weighted by Gasteiger charge is -2.06. The van der Waals surface area contributed by atoms with Gasteiger partial charge in [-0.1, -0.05) is 25.1 Å². The van der Waals surface area contributed by atoms with E-state index in [1.807, 2.05) is 13.0 Å². The van der Waals surface area contributed by atoms with Crippen LogP contribution in [0.4, 0.5) is 5.69 Å². The van der Waals surface area contributed by atoms with Gasteiger partial charge in [0.05, 0.1) is 23.5 Å². The molecule has 3 aromatic rings. The van der Waals surface area contributed by atoms with E-state index in [4.69, 9.17) is 9.15 Å². The minimum atomic E-state index is -0.368. The van der Waals surface area contributed by atoms with Crippen molar-refractivity contribution < 1.29 is 18.7 Å². The van der Waals surface area contributed by atoms with E-state index < -0.39 is 0 Å². The second-order valence-electron chi connectivity index (χ2n) is 6.02. The topological polar surface area (TPSA) is 107 Å². The van der Waals surface area contributed by atoms with Crippen LogP contribution in [0.25, 0.3) is 11.5 Å². The number of hydrogen-bond donors (Lipinski definition) is 1. The van der Waals surface area contributed by atoms with E-state index in [9.17, 15) is 9.59 Å². The van der Waals surface area contributed by atoms with Gasteiger partial charge in [0, 0.05) is 18.1 Å². The number of carbonyl (C=O) groups is 2. The molecule has 0 atom stereocenters. The number of anilines is 1. The summed E-state index contributed by atoms with van der Waals surface area (Å²) in [5, 5.41) is 10.9. The highest BCUT2D eigenvalue weighted by atomic mass is 32.2. The second kappa shape index (κ2) is 10.4. The molecule has 1 N–H and O–H groups in total. The Bertz CT molecular complexity index is 945. The molecule has 3 rings (SSSR count). The summed E-state index contributed by atoms with van der Waals surface area (Å²) in [5.41, 5.74) is 1.74. The molecule has 8 nitrogen and oxygen atoms in total. The summed E-state index contributed by atoms with van der Waals surface area (Å²) in [6.45, 7) is 2.44. The average Bonchev–Trinajstić information content (AvgIpc) is 3.23. The van der Waals surface area contributed by atoms with E-state index >= 15 is 0 Å². The number of carbonyl (C=O) groups excluding carboxylic acids is 2. The number of benzene rings is 1. The Balaban J connectivity index is 1.47. The molecule has 0 unspecified atom stereocenters. The largest absolute Gasteiger partial charge is 0.462 e. The summed E-state index contributed by atoms with van der Waals surface area (Å²) < 4.78 is 10.7. The maximum atomic E-state index is 12.1. The zero-order valence-corrected chi connectivity index (χ0v) is 16.6. The Morgan fingerprint density at radius 3 is 2.72 bits per heavy atom. The van der Waals surface area contributed by atoms with Crippen LogP contribution in [0.1, 0.15) is 30.1 Å². The fraction of sp³-hybridized carbons (Fsp3) is 0.250. The van der Waals surface area contributed by atoms with Gasteiger partial charge in [-0.25, -0.2) is 4.79 Å². The maximum Gasteiger partial charge on any atom is 0.338 e. The second-order valence-corrected chi connectivity index (χ2v) is 6.95. The number of pyridine rings is 1. The van der Waals surface area contributed by atoms with Crippen LogP contribution in [0.2, 0.25) is 0 Å². The summed E-state index contributed by atoms with van der Waals surface area (Å²) >= 11 is 1.14. The summed E-state index contributed by atoms with van der Waals surface area (Å²) in [4.78, 5) is 28.0. The molecular weight excluding hydrogens is 392 g/mol. The number of amides is 1. The number of nitrogens with zero attached hydrogens (tertiary/aromatic N) is 3. The van der Waals surface area contributed by atoms with Gasteiger partial charge < -0.3 is 14.5 Å². The van der Waals surface area contributed by atoms with Crippen molar-refractivity contribution in [3.05, 3.63) is 54.4 Å². The van der Waals surface area contributed by atoms with Crippen LogP contribution < -0.4 is 5.32 Å². The third kappa shape index (κ3) is 6.15. The van der Waals surface area contributed by atoms with Gasteiger partial charge in [0.25, 0.3) is 5.22 Å². The summed E-state index contributed by atoms with van der Waals surface area (Å²) in [6.07, 6.45) is 5.08. The van der Waals surface area contributed by atoms with E-state index in [0.717, 1.165) is 24.6 Å². The van der Waals surface area contributed by atoms with Crippen molar-refractivity contribution in [1.29, 1.82) is 0 Å². The van der Waals surface area contributed by atoms with E-state index in [2.05, 4.69) is 20.5 Å². The first-order chi connectivity index (χ1) is 14.2. The minimum absolute atomic E-state index is 0.107. The van der Waals surface area contributed by atoms with Gasteiger partial charge in [-0.3, -0.25) is 9.78 Å². The van der Waals surface area contributed by atoms with E-state index in [0.29, 0.717) is 34.5 Å². The molecule has 1 aromatic carbocycles. The summed E-state index contributed by atoms with van der Waals surface area (Å²) in [6, 6.07) is 10.1. The lowest BCUT2D eigenvalue weighted by molar-refractivity contribution is -0.113. The van der Waals surface area contributed by atoms with Crippen LogP contribution in [0.15, 0.2) is 58.4 Å². The van der Waals surface area contributed by atoms with Crippen molar-refractivity contribution in [2.24, 2.45) is 0 Å². The van der Waals surface area contributed by atoms with Crippen molar-refractivity contribution in [2.75, 3.05) is 17.7 Å². The number of aromatic nitrogens is 3. The molecule has 0 radical (unpaired) electrons. The number of esters is 1. The maximum absolute atomic E-state index is 12.1. The van der Waals surface area contributed by atoms with Crippen LogP contribution >= 0.6 is 11.8 Å². The van der Waals surface area contributed by atoms with Crippen LogP contribution in [0, 0.1) is 0 Å². The average molecular weight is 412 g/mol. The predicted octanol–water partition coefficient (Wildman–Crippen LogP) is 3.82. The van der Waals surface area contributed by atoms with Crippen LogP contribution in [-0.4, -0.2) is 39.4 Å². The first kappa shape index (κ1) is 20.5. The molecule has 0 spiro atoms. The van der Waals surface area contributed by atoms with Crippen LogP contribution in [0.5, 0.6) is 0 Å². The molecule has 0 aliphatic carbocycles. The molecular formula is C20H20N4O4S. The Kier molecular flexibility index (Phi) is 7.34. The lowest BCUT2D eigenvalue weighted by Crippen LogP contribution is -2.14. The number of hydrogen-bond acceptors (Lipinski definition) is 8. The van der Waals surface area contributed by atoms with Gasteiger partial charge in [-0.05, 0) is 42.8 Å². The number of rotatable bonds is 9. The standard InChI is InChI=1S/C20H20N4O4S/c1-2-3-11-27-19(26)14-6-8-16(9-7-14)22-17(25)13-29-20-24-23-18(28-20)15-5-4-10-21-12-15/h4-10,12H,2-3,11,13H2,1H3,(H,22,25). The van der Waals surface area contributed by atoms with Gasteiger partial charge >= 0.3 is 5.97 Å². The highest BCUT2D eigenvalue weighted by molar-refractivity contribution is 7.99. The van der Waals surface area contributed by atoms with E-state index in [1.165, 1.54) is 0 Å². The lowest BCUT2D eigenvalue weighted by atomic mass is 10.2. The van der Waals surface area contributed by atoms with Crippen molar-refractivity contribution in [3.63, 3.8) is 0 Å². The summed E-state index contributed by atoms with van der Waals surface area (Å²) in [7, 11) is 0. The minimum Gasteiger partial charge on any atom is -0.462 e. The van der Waals surface area contributed by atoms with Crippen LogP contribution in [0.3, 0.4) is 0 Å². The Morgan fingerprint density at radius 1 is 1.17 bits per heavy atom. The van der Waals surface area contributed by atoms with E-state index in [-0.39, 0.29) is 17.6 Å². The Labute approximate surface area is 172 Å². The molecule has 2 heterocycles. The number of thioether (sulfide) groups is 1. The molecule has 29 heavy (non-hydrogen) atoms. The van der Waals surface area contributed by atoms with Gasteiger partial charge in [-0.2, -0.15) is 0 Å². The molecule has 0 aliphatic rings. The molecule has 150 valence electrons. The fourth-order valence-electron chi connectivity index (χ4n) is 2.28. The molecule has 0 aliphatic heterocycles. The molecule has 0 fully saturated rings. The van der Waals surface area contributed by atoms with E-state index in [1.54, 1.807) is 42.7 Å². The van der Waals surface area contributed by atoms with Crippen molar-refractivity contribution in [2.45, 2.75) is 25.0 Å². The van der Waals surface area contributed by atoms with Crippen LogP contribution in [-0.2, 0) is 9.53 Å². The Morgan fingerprint density at radius 2 is 2.00 bits per heavy atom. The third-order valence-electron chi connectivity index (χ3n) is 3.78. The first-order valence-electron chi connectivity index (χ1n) is 9.09. The quantitative estimate of drug-likeness (QED) is 0.321. The van der Waals surface area contributed by atoms with Crippen molar-refractivity contribution in [1.82, 2.24) is 15.2 Å². The molecule has 0 saturated carbocycles.